The first kappa shape index (κ1) is 15.5. The van der Waals surface area contributed by atoms with Gasteiger partial charge >= 0.3 is 0 Å². The lowest BCUT2D eigenvalue weighted by molar-refractivity contribution is 0.0943. The van der Waals surface area contributed by atoms with E-state index in [-0.39, 0.29) is 11.9 Å². The van der Waals surface area contributed by atoms with Gasteiger partial charge in [-0.2, -0.15) is 0 Å². The van der Waals surface area contributed by atoms with Crippen LogP contribution in [0.4, 0.5) is 5.69 Å². The van der Waals surface area contributed by atoms with Gasteiger partial charge in [0.05, 0.1) is 0 Å². The SMILES string of the molecule is CC(C)NC(=O)c1ccc(NCCCCCN)cc1. The highest BCUT2D eigenvalue weighted by Crippen LogP contribution is 2.10. The van der Waals surface area contributed by atoms with Gasteiger partial charge in [-0.3, -0.25) is 4.79 Å². The average Bonchev–Trinajstić information content (AvgIpc) is 2.38. The number of carbonyl (C=O) groups excluding carboxylic acids is 1. The third-order valence-electron chi connectivity index (χ3n) is 2.78. The number of benzene rings is 1. The van der Waals surface area contributed by atoms with Crippen molar-refractivity contribution in [1.82, 2.24) is 5.32 Å². The number of hydrogen-bond donors (Lipinski definition) is 3. The molecule has 4 nitrogen and oxygen atoms in total. The largest absolute Gasteiger partial charge is 0.385 e. The molecule has 0 spiro atoms. The maximum absolute atomic E-state index is 11.8. The van der Waals surface area contributed by atoms with Crippen molar-refractivity contribution in [2.75, 3.05) is 18.4 Å². The highest BCUT2D eigenvalue weighted by atomic mass is 16.1. The smallest absolute Gasteiger partial charge is 0.251 e. The Morgan fingerprint density at radius 1 is 1.16 bits per heavy atom. The van der Waals surface area contributed by atoms with Crippen molar-refractivity contribution >= 4 is 11.6 Å². The molecular formula is C15H25N3O. The van der Waals surface area contributed by atoms with Gasteiger partial charge in [-0.25, -0.2) is 0 Å². The van der Waals surface area contributed by atoms with Crippen LogP contribution in [0, 0.1) is 0 Å². The van der Waals surface area contributed by atoms with Gasteiger partial charge in [0.15, 0.2) is 0 Å². The van der Waals surface area contributed by atoms with E-state index in [1.54, 1.807) is 0 Å². The Labute approximate surface area is 115 Å². The fourth-order valence-electron chi connectivity index (χ4n) is 1.76. The molecular weight excluding hydrogens is 238 g/mol. The summed E-state index contributed by atoms with van der Waals surface area (Å²) in [6.07, 6.45) is 3.35. The molecule has 0 fully saturated rings. The average molecular weight is 263 g/mol. The molecule has 4 heteroatoms. The van der Waals surface area contributed by atoms with E-state index >= 15 is 0 Å². The summed E-state index contributed by atoms with van der Waals surface area (Å²) in [6, 6.07) is 7.74. The van der Waals surface area contributed by atoms with E-state index in [9.17, 15) is 4.79 Å². The molecule has 1 aromatic carbocycles. The van der Waals surface area contributed by atoms with Crippen molar-refractivity contribution in [2.45, 2.75) is 39.2 Å². The number of unbranched alkanes of at least 4 members (excludes halogenated alkanes) is 2. The maximum atomic E-state index is 11.8. The molecule has 1 aromatic rings. The standard InChI is InChI=1S/C15H25N3O/c1-12(2)18-15(19)13-6-8-14(9-7-13)17-11-5-3-4-10-16/h6-9,12,17H,3-5,10-11,16H2,1-2H3,(H,18,19). The molecule has 0 aliphatic heterocycles. The number of nitrogens with one attached hydrogen (secondary N) is 2. The van der Waals surface area contributed by atoms with Gasteiger partial charge in [-0.05, 0) is 57.5 Å². The second-order valence-electron chi connectivity index (χ2n) is 4.98. The number of amides is 1. The van der Waals surface area contributed by atoms with Gasteiger partial charge in [-0.1, -0.05) is 6.42 Å². The Morgan fingerprint density at radius 3 is 2.42 bits per heavy atom. The van der Waals surface area contributed by atoms with E-state index in [1.807, 2.05) is 38.1 Å². The van der Waals surface area contributed by atoms with Gasteiger partial charge in [0, 0.05) is 23.8 Å². The molecule has 1 rings (SSSR count). The minimum Gasteiger partial charge on any atom is -0.385 e. The molecule has 0 unspecified atom stereocenters. The monoisotopic (exact) mass is 263 g/mol. The zero-order chi connectivity index (χ0) is 14.1. The van der Waals surface area contributed by atoms with Crippen molar-refractivity contribution < 1.29 is 4.79 Å². The molecule has 4 N–H and O–H groups in total. The van der Waals surface area contributed by atoms with E-state index in [2.05, 4.69) is 10.6 Å². The van der Waals surface area contributed by atoms with E-state index in [1.165, 1.54) is 0 Å². The van der Waals surface area contributed by atoms with Crippen LogP contribution in [-0.2, 0) is 0 Å². The fourth-order valence-corrected chi connectivity index (χ4v) is 1.76. The number of nitrogens with two attached hydrogens (primary N) is 1. The Kier molecular flexibility index (Phi) is 6.97. The van der Waals surface area contributed by atoms with E-state index in [4.69, 9.17) is 5.73 Å². The molecule has 0 aromatic heterocycles. The molecule has 0 radical (unpaired) electrons. The second kappa shape index (κ2) is 8.53. The number of carbonyl (C=O) groups is 1. The van der Waals surface area contributed by atoms with Crippen molar-refractivity contribution in [1.29, 1.82) is 0 Å². The lowest BCUT2D eigenvalue weighted by Gasteiger charge is -2.10. The van der Waals surface area contributed by atoms with Crippen molar-refractivity contribution in [3.63, 3.8) is 0 Å². The molecule has 0 heterocycles. The lowest BCUT2D eigenvalue weighted by Crippen LogP contribution is -2.29. The first-order valence-corrected chi connectivity index (χ1v) is 6.98. The predicted molar refractivity (Wildman–Crippen MR) is 80.4 cm³/mol. The molecule has 0 bridgehead atoms. The normalized spacial score (nSPS) is 10.5. The minimum absolute atomic E-state index is 0.0236. The molecule has 0 atom stereocenters. The highest BCUT2D eigenvalue weighted by molar-refractivity contribution is 5.94. The quantitative estimate of drug-likeness (QED) is 0.631. The summed E-state index contributed by atoms with van der Waals surface area (Å²) in [4.78, 5) is 11.8. The fraction of sp³-hybridized carbons (Fsp3) is 0.533. The summed E-state index contributed by atoms with van der Waals surface area (Å²) in [5.74, 6) is -0.0236. The molecule has 0 aliphatic rings. The summed E-state index contributed by atoms with van der Waals surface area (Å²) >= 11 is 0. The molecule has 19 heavy (non-hydrogen) atoms. The highest BCUT2D eigenvalue weighted by Gasteiger charge is 2.05. The zero-order valence-corrected chi connectivity index (χ0v) is 11.9. The Bertz CT molecular complexity index is 373. The summed E-state index contributed by atoms with van der Waals surface area (Å²) in [6.45, 7) is 5.61. The van der Waals surface area contributed by atoms with Crippen molar-refractivity contribution in [3.8, 4) is 0 Å². The number of hydrogen-bond acceptors (Lipinski definition) is 3. The van der Waals surface area contributed by atoms with E-state index in [0.717, 1.165) is 38.0 Å². The third-order valence-corrected chi connectivity index (χ3v) is 2.78. The molecule has 0 saturated heterocycles. The van der Waals surface area contributed by atoms with Gasteiger partial charge < -0.3 is 16.4 Å². The summed E-state index contributed by atoms with van der Waals surface area (Å²) in [7, 11) is 0. The van der Waals surface area contributed by atoms with Gasteiger partial charge in [0.1, 0.15) is 0 Å². The van der Waals surface area contributed by atoms with E-state index < -0.39 is 0 Å². The molecule has 1 amide bonds. The summed E-state index contributed by atoms with van der Waals surface area (Å²) in [5.41, 5.74) is 7.19. The van der Waals surface area contributed by atoms with Crippen LogP contribution < -0.4 is 16.4 Å². The summed E-state index contributed by atoms with van der Waals surface area (Å²) < 4.78 is 0. The number of rotatable bonds is 8. The molecule has 106 valence electrons. The zero-order valence-electron chi connectivity index (χ0n) is 11.9. The minimum atomic E-state index is -0.0236. The van der Waals surface area contributed by atoms with Gasteiger partial charge in [0.2, 0.25) is 0 Å². The van der Waals surface area contributed by atoms with Crippen LogP contribution in [0.1, 0.15) is 43.5 Å². The first-order chi connectivity index (χ1) is 9.13. The van der Waals surface area contributed by atoms with Crippen LogP contribution in [0.5, 0.6) is 0 Å². The van der Waals surface area contributed by atoms with Crippen LogP contribution in [0.2, 0.25) is 0 Å². The Morgan fingerprint density at radius 2 is 1.84 bits per heavy atom. The molecule has 0 saturated carbocycles. The van der Waals surface area contributed by atoms with Crippen LogP contribution in [0.25, 0.3) is 0 Å². The maximum Gasteiger partial charge on any atom is 0.251 e. The Hall–Kier alpha value is -1.55. The predicted octanol–water partition coefficient (Wildman–Crippen LogP) is 2.37. The van der Waals surface area contributed by atoms with Gasteiger partial charge in [-0.15, -0.1) is 0 Å². The van der Waals surface area contributed by atoms with Crippen molar-refractivity contribution in [3.05, 3.63) is 29.8 Å². The van der Waals surface area contributed by atoms with E-state index in [0.29, 0.717) is 5.56 Å². The van der Waals surface area contributed by atoms with Crippen LogP contribution >= 0.6 is 0 Å². The second-order valence-corrected chi connectivity index (χ2v) is 4.98. The lowest BCUT2D eigenvalue weighted by atomic mass is 10.1. The number of anilines is 1. The van der Waals surface area contributed by atoms with Crippen LogP contribution in [0.3, 0.4) is 0 Å². The van der Waals surface area contributed by atoms with Crippen LogP contribution in [0.15, 0.2) is 24.3 Å². The first-order valence-electron chi connectivity index (χ1n) is 6.98. The van der Waals surface area contributed by atoms with Crippen molar-refractivity contribution in [2.24, 2.45) is 5.73 Å². The van der Waals surface area contributed by atoms with Crippen LogP contribution in [-0.4, -0.2) is 25.0 Å². The van der Waals surface area contributed by atoms with Gasteiger partial charge in [0.25, 0.3) is 5.91 Å². The summed E-state index contributed by atoms with van der Waals surface area (Å²) in [5, 5.41) is 6.21. The topological polar surface area (TPSA) is 67.2 Å². The Balaban J connectivity index is 2.37. The third kappa shape index (κ3) is 6.25. The molecule has 0 aliphatic carbocycles.